The Morgan fingerprint density at radius 1 is 0.917 bits per heavy atom. The highest BCUT2D eigenvalue weighted by Gasteiger charge is 2.22. The molecular weight excluding hydrogens is 318 g/mol. The van der Waals surface area contributed by atoms with Gasteiger partial charge in [-0.3, -0.25) is 0 Å². The quantitative estimate of drug-likeness (QED) is 0.646. The van der Waals surface area contributed by atoms with E-state index in [9.17, 15) is 0 Å². The van der Waals surface area contributed by atoms with Gasteiger partial charge >= 0.3 is 0 Å². The summed E-state index contributed by atoms with van der Waals surface area (Å²) in [7, 11) is 3.35. The Balaban J connectivity index is 2.27. The fourth-order valence-corrected chi connectivity index (χ4v) is 3.66. The molecule has 0 amide bonds. The molecule has 3 nitrogen and oxygen atoms in total. The Bertz CT molecular complexity index is 861. The average molecular weight is 340 g/mol. The van der Waals surface area contributed by atoms with Crippen LogP contribution in [-0.4, -0.2) is 14.2 Å². The van der Waals surface area contributed by atoms with Crippen LogP contribution in [0.25, 0.3) is 16.8 Å². The fraction of sp³-hybridized carbons (Fsp3) is 0.250. The van der Waals surface area contributed by atoms with Gasteiger partial charge in [0.15, 0.2) is 5.69 Å². The third kappa shape index (κ3) is 2.89. The minimum Gasteiger partial charge on any atom is -0.497 e. The molecular formula is C20H22NO2S+. The van der Waals surface area contributed by atoms with Gasteiger partial charge in [-0.15, -0.1) is 0 Å². The molecule has 0 fully saturated rings. The van der Waals surface area contributed by atoms with Crippen LogP contribution in [0.3, 0.4) is 0 Å². The molecule has 0 spiro atoms. The molecule has 0 atom stereocenters. The van der Waals surface area contributed by atoms with Crippen molar-refractivity contribution in [3.05, 3.63) is 58.0 Å². The number of aryl methyl sites for hydroxylation is 2. The number of benzene rings is 2. The van der Waals surface area contributed by atoms with Gasteiger partial charge in [-0.2, -0.15) is 4.57 Å². The number of aromatic nitrogens is 1. The molecule has 0 saturated carbocycles. The van der Waals surface area contributed by atoms with E-state index in [1.807, 2.05) is 6.07 Å². The minimum atomic E-state index is 0.792. The molecule has 0 aliphatic carbocycles. The Labute approximate surface area is 147 Å². The van der Waals surface area contributed by atoms with E-state index in [1.165, 1.54) is 21.8 Å². The molecule has 4 heteroatoms. The number of nitrogens with zero attached hydrogens (tertiary/aromatic N) is 1. The van der Waals surface area contributed by atoms with Crippen LogP contribution < -0.4 is 14.0 Å². The highest BCUT2D eigenvalue weighted by atomic mass is 32.1. The summed E-state index contributed by atoms with van der Waals surface area (Å²) in [4.78, 5) is 1.33. The number of ether oxygens (including phenoxy) is 2. The molecule has 0 saturated heterocycles. The first-order valence-corrected chi connectivity index (χ1v) is 8.73. The van der Waals surface area contributed by atoms with Gasteiger partial charge in [0.05, 0.1) is 24.7 Å². The number of rotatable bonds is 4. The van der Waals surface area contributed by atoms with E-state index in [-0.39, 0.29) is 0 Å². The van der Waals surface area contributed by atoms with Crippen LogP contribution >= 0.6 is 11.3 Å². The molecule has 124 valence electrons. The number of para-hydroxylation sites is 1. The first-order valence-electron chi connectivity index (χ1n) is 7.85. The van der Waals surface area contributed by atoms with Gasteiger partial charge in [-0.05, 0) is 37.6 Å². The molecule has 2 aromatic carbocycles. The van der Waals surface area contributed by atoms with Crippen molar-refractivity contribution in [2.45, 2.75) is 20.8 Å². The Morgan fingerprint density at radius 2 is 1.58 bits per heavy atom. The molecule has 3 aromatic rings. The summed E-state index contributed by atoms with van der Waals surface area (Å²) in [5.74, 6) is 1.58. The van der Waals surface area contributed by atoms with E-state index in [0.717, 1.165) is 22.6 Å². The molecule has 24 heavy (non-hydrogen) atoms. The smallest absolute Gasteiger partial charge is 0.231 e. The summed E-state index contributed by atoms with van der Waals surface area (Å²) in [6.07, 6.45) is 0. The third-order valence-electron chi connectivity index (χ3n) is 4.35. The molecule has 0 aliphatic rings. The first kappa shape index (κ1) is 16.5. The SMILES string of the molecule is COc1cc(OC)cc(-c2cccc(C)c2-[n+]2csc(C)c2C)c1. The van der Waals surface area contributed by atoms with Gasteiger partial charge in [0.25, 0.3) is 0 Å². The van der Waals surface area contributed by atoms with Crippen molar-refractivity contribution >= 4 is 11.3 Å². The Kier molecular flexibility index (Phi) is 4.58. The van der Waals surface area contributed by atoms with Gasteiger partial charge in [0.2, 0.25) is 11.2 Å². The molecule has 0 bridgehead atoms. The van der Waals surface area contributed by atoms with Crippen LogP contribution in [-0.2, 0) is 0 Å². The van der Waals surface area contributed by atoms with Crippen LogP contribution in [0.4, 0.5) is 0 Å². The van der Waals surface area contributed by atoms with Crippen molar-refractivity contribution in [3.8, 4) is 28.3 Å². The van der Waals surface area contributed by atoms with Gasteiger partial charge < -0.3 is 9.47 Å². The maximum atomic E-state index is 5.44. The van der Waals surface area contributed by atoms with Gasteiger partial charge in [-0.1, -0.05) is 23.5 Å². The highest BCUT2D eigenvalue weighted by molar-refractivity contribution is 7.09. The summed E-state index contributed by atoms with van der Waals surface area (Å²) < 4.78 is 13.1. The van der Waals surface area contributed by atoms with Crippen molar-refractivity contribution in [1.82, 2.24) is 0 Å². The zero-order chi connectivity index (χ0) is 17.3. The van der Waals surface area contributed by atoms with Gasteiger partial charge in [0, 0.05) is 18.6 Å². The van der Waals surface area contributed by atoms with Crippen molar-refractivity contribution in [3.63, 3.8) is 0 Å². The Hall–Kier alpha value is -2.33. The zero-order valence-corrected chi connectivity index (χ0v) is 15.5. The van der Waals surface area contributed by atoms with Crippen molar-refractivity contribution in [2.24, 2.45) is 0 Å². The molecule has 0 N–H and O–H groups in total. The van der Waals surface area contributed by atoms with E-state index in [0.29, 0.717) is 0 Å². The summed E-state index contributed by atoms with van der Waals surface area (Å²) in [5, 5.41) is 0. The number of thiazole rings is 1. The van der Waals surface area contributed by atoms with Crippen LogP contribution in [0, 0.1) is 20.8 Å². The van der Waals surface area contributed by atoms with Crippen molar-refractivity contribution in [2.75, 3.05) is 14.2 Å². The lowest BCUT2D eigenvalue weighted by Crippen LogP contribution is -2.33. The topological polar surface area (TPSA) is 22.3 Å². The molecule has 0 aliphatic heterocycles. The number of hydrogen-bond donors (Lipinski definition) is 0. The normalized spacial score (nSPS) is 10.7. The van der Waals surface area contributed by atoms with E-state index in [2.05, 4.69) is 61.2 Å². The van der Waals surface area contributed by atoms with Crippen LogP contribution in [0.5, 0.6) is 11.5 Å². The summed E-state index contributed by atoms with van der Waals surface area (Å²) >= 11 is 1.77. The van der Waals surface area contributed by atoms with E-state index < -0.39 is 0 Å². The largest absolute Gasteiger partial charge is 0.497 e. The highest BCUT2D eigenvalue weighted by Crippen LogP contribution is 2.33. The second-order valence-electron chi connectivity index (χ2n) is 5.81. The molecule has 1 aromatic heterocycles. The van der Waals surface area contributed by atoms with Gasteiger partial charge in [-0.25, -0.2) is 0 Å². The lowest BCUT2D eigenvalue weighted by molar-refractivity contribution is -0.597. The van der Waals surface area contributed by atoms with E-state index in [1.54, 1.807) is 25.6 Å². The predicted molar refractivity (Wildman–Crippen MR) is 98.6 cm³/mol. The molecule has 1 heterocycles. The third-order valence-corrected chi connectivity index (χ3v) is 5.31. The molecule has 0 radical (unpaired) electrons. The standard InChI is InChI=1S/C20H22NO2S/c1-13-7-6-8-19(20(13)21-12-24-15(3)14(21)2)16-9-17(22-4)11-18(10-16)23-5/h6-12H,1-5H3/q+1. The van der Waals surface area contributed by atoms with Crippen LogP contribution in [0.2, 0.25) is 0 Å². The lowest BCUT2D eigenvalue weighted by Gasteiger charge is -2.11. The number of methoxy groups -OCH3 is 2. The van der Waals surface area contributed by atoms with Crippen molar-refractivity contribution in [1.29, 1.82) is 0 Å². The predicted octanol–water partition coefficient (Wildman–Crippen LogP) is 4.63. The second-order valence-corrected chi connectivity index (χ2v) is 6.87. The molecule has 3 rings (SSSR count). The second kappa shape index (κ2) is 6.65. The molecule has 0 unspecified atom stereocenters. The monoisotopic (exact) mass is 340 g/mol. The fourth-order valence-electron chi connectivity index (χ4n) is 2.86. The van der Waals surface area contributed by atoms with E-state index in [4.69, 9.17) is 9.47 Å². The summed E-state index contributed by atoms with van der Waals surface area (Å²) in [6.45, 7) is 6.47. The van der Waals surface area contributed by atoms with Gasteiger partial charge in [0.1, 0.15) is 11.5 Å². The minimum absolute atomic E-state index is 0.792. The number of hydrogen-bond acceptors (Lipinski definition) is 3. The first-order chi connectivity index (χ1) is 11.5. The maximum Gasteiger partial charge on any atom is 0.231 e. The van der Waals surface area contributed by atoms with Crippen LogP contribution in [0.15, 0.2) is 41.9 Å². The van der Waals surface area contributed by atoms with E-state index >= 15 is 0 Å². The maximum absolute atomic E-state index is 5.44. The zero-order valence-electron chi connectivity index (χ0n) is 14.7. The lowest BCUT2D eigenvalue weighted by atomic mass is 9.99. The average Bonchev–Trinajstić information content (AvgIpc) is 2.93. The summed E-state index contributed by atoms with van der Waals surface area (Å²) in [6, 6.07) is 12.4. The Morgan fingerprint density at radius 3 is 2.12 bits per heavy atom. The van der Waals surface area contributed by atoms with Crippen molar-refractivity contribution < 1.29 is 14.0 Å². The van der Waals surface area contributed by atoms with Crippen LogP contribution in [0.1, 0.15) is 16.1 Å². The summed E-state index contributed by atoms with van der Waals surface area (Å²) in [5.41, 5.74) is 8.13.